The van der Waals surface area contributed by atoms with Crippen molar-refractivity contribution in [2.45, 2.75) is 24.9 Å². The maximum atomic E-state index is 12.1. The van der Waals surface area contributed by atoms with Gasteiger partial charge in [0.2, 0.25) is 10.0 Å². The second kappa shape index (κ2) is 5.56. The van der Waals surface area contributed by atoms with Crippen LogP contribution in [0.15, 0.2) is 45.9 Å². The molecule has 0 aliphatic rings. The largest absolute Gasteiger partial charge is 0.468 e. The molecule has 0 fully saturated rings. The summed E-state index contributed by atoms with van der Waals surface area (Å²) in [5.74, 6) is 0.568. The highest BCUT2D eigenvalue weighted by Crippen LogP contribution is 2.15. The lowest BCUT2D eigenvalue weighted by molar-refractivity contribution is 0.498. The first kappa shape index (κ1) is 13.8. The van der Waals surface area contributed by atoms with Crippen molar-refractivity contribution in [2.75, 3.05) is 0 Å². The van der Waals surface area contributed by atoms with Crippen molar-refractivity contribution in [1.82, 2.24) is 4.72 Å². The first-order chi connectivity index (χ1) is 9.03. The summed E-state index contributed by atoms with van der Waals surface area (Å²) >= 11 is 0. The van der Waals surface area contributed by atoms with Gasteiger partial charge in [0, 0.05) is 6.54 Å². The van der Waals surface area contributed by atoms with E-state index in [2.05, 4.69) is 4.72 Å². The predicted octanol–water partition coefficient (Wildman–Crippen LogP) is 1.53. The van der Waals surface area contributed by atoms with Gasteiger partial charge in [-0.3, -0.25) is 0 Å². The summed E-state index contributed by atoms with van der Waals surface area (Å²) in [4.78, 5) is 0.230. The van der Waals surface area contributed by atoms with E-state index in [0.717, 1.165) is 11.1 Å². The van der Waals surface area contributed by atoms with Crippen molar-refractivity contribution >= 4 is 10.0 Å². The zero-order chi connectivity index (χ0) is 13.9. The first-order valence-electron chi connectivity index (χ1n) is 5.84. The number of hydrogen-bond donors (Lipinski definition) is 2. The molecule has 0 unspecified atom stereocenters. The molecule has 0 bridgehead atoms. The van der Waals surface area contributed by atoms with Gasteiger partial charge < -0.3 is 10.2 Å². The van der Waals surface area contributed by atoms with Crippen LogP contribution in [0.2, 0.25) is 0 Å². The van der Waals surface area contributed by atoms with Gasteiger partial charge in [-0.15, -0.1) is 0 Å². The van der Waals surface area contributed by atoms with Gasteiger partial charge in [-0.1, -0.05) is 6.07 Å². The fourth-order valence-corrected chi connectivity index (χ4v) is 2.81. The molecule has 0 saturated carbocycles. The van der Waals surface area contributed by atoms with Crippen LogP contribution in [0.25, 0.3) is 0 Å². The number of nitrogens with two attached hydrogens (primary N) is 1. The number of furan rings is 1. The van der Waals surface area contributed by atoms with Crippen molar-refractivity contribution in [3.63, 3.8) is 0 Å². The molecule has 5 nitrogen and oxygen atoms in total. The van der Waals surface area contributed by atoms with E-state index in [1.807, 2.05) is 6.92 Å². The topological polar surface area (TPSA) is 85.3 Å². The molecule has 102 valence electrons. The highest BCUT2D eigenvalue weighted by molar-refractivity contribution is 7.89. The molecule has 1 heterocycles. The molecular weight excluding hydrogens is 264 g/mol. The Balaban J connectivity index is 2.17. The Morgan fingerprint density at radius 1 is 1.32 bits per heavy atom. The number of sulfonamides is 1. The molecule has 0 aliphatic carbocycles. The number of benzene rings is 1. The SMILES string of the molecule is Cc1cc(S(=O)(=O)NCc2ccco2)ccc1CN. The smallest absolute Gasteiger partial charge is 0.240 e. The summed E-state index contributed by atoms with van der Waals surface area (Å²) in [6.45, 7) is 2.37. The van der Waals surface area contributed by atoms with Crippen LogP contribution in [0.1, 0.15) is 16.9 Å². The zero-order valence-corrected chi connectivity index (χ0v) is 11.4. The highest BCUT2D eigenvalue weighted by atomic mass is 32.2. The summed E-state index contributed by atoms with van der Waals surface area (Å²) in [6.07, 6.45) is 1.50. The number of aryl methyl sites for hydroxylation is 1. The molecule has 0 atom stereocenters. The van der Waals surface area contributed by atoms with Gasteiger partial charge in [-0.2, -0.15) is 0 Å². The molecule has 0 aliphatic heterocycles. The zero-order valence-electron chi connectivity index (χ0n) is 10.6. The monoisotopic (exact) mass is 280 g/mol. The van der Waals surface area contributed by atoms with Crippen LogP contribution in [-0.4, -0.2) is 8.42 Å². The van der Waals surface area contributed by atoms with E-state index in [1.165, 1.54) is 6.26 Å². The molecule has 1 aromatic carbocycles. The van der Waals surface area contributed by atoms with Gasteiger partial charge in [-0.05, 0) is 42.3 Å². The van der Waals surface area contributed by atoms with Crippen LogP contribution in [-0.2, 0) is 23.1 Å². The minimum Gasteiger partial charge on any atom is -0.468 e. The maximum absolute atomic E-state index is 12.1. The van der Waals surface area contributed by atoms with Crippen LogP contribution in [0.5, 0.6) is 0 Å². The highest BCUT2D eigenvalue weighted by Gasteiger charge is 2.15. The molecule has 2 rings (SSSR count). The molecular formula is C13H16N2O3S. The Labute approximate surface area is 112 Å². The van der Waals surface area contributed by atoms with E-state index in [9.17, 15) is 8.42 Å². The minimum absolute atomic E-state index is 0.132. The predicted molar refractivity (Wildman–Crippen MR) is 71.8 cm³/mol. The molecule has 6 heteroatoms. The fourth-order valence-electron chi connectivity index (χ4n) is 1.73. The standard InChI is InChI=1S/C13H16N2O3S/c1-10-7-13(5-4-11(10)8-14)19(16,17)15-9-12-3-2-6-18-12/h2-7,15H,8-9,14H2,1H3. The number of nitrogens with one attached hydrogen (secondary N) is 1. The van der Waals surface area contributed by atoms with Crippen LogP contribution >= 0.6 is 0 Å². The van der Waals surface area contributed by atoms with Crippen molar-refractivity contribution in [2.24, 2.45) is 5.73 Å². The third-order valence-corrected chi connectivity index (χ3v) is 4.26. The second-order valence-corrected chi connectivity index (χ2v) is 5.96. The summed E-state index contributed by atoms with van der Waals surface area (Å²) < 4.78 is 31.8. The average molecular weight is 280 g/mol. The van der Waals surface area contributed by atoms with Crippen molar-refractivity contribution in [3.8, 4) is 0 Å². The summed E-state index contributed by atoms with van der Waals surface area (Å²) in [6, 6.07) is 8.33. The van der Waals surface area contributed by atoms with Gasteiger partial charge in [-0.25, -0.2) is 13.1 Å². The summed E-state index contributed by atoms with van der Waals surface area (Å²) in [7, 11) is -3.53. The lowest BCUT2D eigenvalue weighted by Crippen LogP contribution is -2.23. The van der Waals surface area contributed by atoms with Gasteiger partial charge in [0.15, 0.2) is 0 Å². The number of rotatable bonds is 5. The molecule has 0 saturated heterocycles. The van der Waals surface area contributed by atoms with E-state index in [-0.39, 0.29) is 11.4 Å². The van der Waals surface area contributed by atoms with Crippen LogP contribution in [0, 0.1) is 6.92 Å². The van der Waals surface area contributed by atoms with Crippen LogP contribution in [0.4, 0.5) is 0 Å². The van der Waals surface area contributed by atoms with E-state index in [0.29, 0.717) is 12.3 Å². The van der Waals surface area contributed by atoms with E-state index in [4.69, 9.17) is 10.2 Å². The van der Waals surface area contributed by atoms with Crippen molar-refractivity contribution < 1.29 is 12.8 Å². The van der Waals surface area contributed by atoms with E-state index in [1.54, 1.807) is 30.3 Å². The van der Waals surface area contributed by atoms with Crippen LogP contribution in [0.3, 0.4) is 0 Å². The molecule has 0 spiro atoms. The third-order valence-electron chi connectivity index (χ3n) is 2.86. The van der Waals surface area contributed by atoms with Gasteiger partial charge in [0.1, 0.15) is 5.76 Å². The molecule has 0 radical (unpaired) electrons. The van der Waals surface area contributed by atoms with E-state index >= 15 is 0 Å². The molecule has 3 N–H and O–H groups in total. The Bertz CT molecular complexity index is 649. The normalized spacial score (nSPS) is 11.7. The van der Waals surface area contributed by atoms with Crippen LogP contribution < -0.4 is 10.5 Å². The molecule has 19 heavy (non-hydrogen) atoms. The lowest BCUT2D eigenvalue weighted by atomic mass is 10.1. The van der Waals surface area contributed by atoms with Gasteiger partial charge in [0.25, 0.3) is 0 Å². The second-order valence-electron chi connectivity index (χ2n) is 4.20. The summed E-state index contributed by atoms with van der Waals surface area (Å²) in [5.41, 5.74) is 7.35. The third kappa shape index (κ3) is 3.23. The average Bonchev–Trinajstić information content (AvgIpc) is 2.89. The summed E-state index contributed by atoms with van der Waals surface area (Å²) in [5, 5.41) is 0. The Morgan fingerprint density at radius 3 is 2.68 bits per heavy atom. The van der Waals surface area contributed by atoms with Gasteiger partial charge in [0.05, 0.1) is 17.7 Å². The molecule has 1 aromatic heterocycles. The minimum atomic E-state index is -3.53. The fraction of sp³-hybridized carbons (Fsp3) is 0.231. The van der Waals surface area contributed by atoms with E-state index < -0.39 is 10.0 Å². The first-order valence-corrected chi connectivity index (χ1v) is 7.33. The Morgan fingerprint density at radius 2 is 2.11 bits per heavy atom. The Kier molecular flexibility index (Phi) is 4.04. The maximum Gasteiger partial charge on any atom is 0.240 e. The quantitative estimate of drug-likeness (QED) is 0.869. The number of hydrogen-bond acceptors (Lipinski definition) is 4. The molecule has 2 aromatic rings. The van der Waals surface area contributed by atoms with Crippen molar-refractivity contribution in [3.05, 3.63) is 53.5 Å². The lowest BCUT2D eigenvalue weighted by Gasteiger charge is -2.08. The Hall–Kier alpha value is -1.63. The van der Waals surface area contributed by atoms with Crippen molar-refractivity contribution in [1.29, 1.82) is 0 Å². The molecule has 0 amide bonds. The van der Waals surface area contributed by atoms with Gasteiger partial charge >= 0.3 is 0 Å².